The van der Waals surface area contributed by atoms with Gasteiger partial charge in [-0.3, -0.25) is 9.69 Å². The molecule has 1 saturated carbocycles. The van der Waals surface area contributed by atoms with Crippen LogP contribution >= 0.6 is 0 Å². The molecule has 5 nitrogen and oxygen atoms in total. The van der Waals surface area contributed by atoms with E-state index in [2.05, 4.69) is 17.2 Å². The number of rotatable bonds is 3. The SMILES string of the molecule is O=C(NCC#Cc1ccc(N2CCOC2=O)cc1)C1CCCCC1. The molecule has 2 aliphatic rings. The van der Waals surface area contributed by atoms with Crippen LogP contribution in [0.5, 0.6) is 0 Å². The topological polar surface area (TPSA) is 58.6 Å². The maximum atomic E-state index is 12.0. The van der Waals surface area contributed by atoms with Gasteiger partial charge in [-0.25, -0.2) is 4.79 Å². The largest absolute Gasteiger partial charge is 0.447 e. The Morgan fingerprint density at radius 3 is 2.62 bits per heavy atom. The van der Waals surface area contributed by atoms with Crippen molar-refractivity contribution < 1.29 is 14.3 Å². The summed E-state index contributed by atoms with van der Waals surface area (Å²) in [4.78, 5) is 25.1. The first-order valence-corrected chi connectivity index (χ1v) is 8.55. The first-order valence-electron chi connectivity index (χ1n) is 8.55. The lowest BCUT2D eigenvalue weighted by Crippen LogP contribution is -2.32. The van der Waals surface area contributed by atoms with E-state index in [1.165, 1.54) is 6.42 Å². The average molecular weight is 326 g/mol. The monoisotopic (exact) mass is 326 g/mol. The van der Waals surface area contributed by atoms with Gasteiger partial charge < -0.3 is 10.1 Å². The summed E-state index contributed by atoms with van der Waals surface area (Å²) in [5, 5.41) is 2.90. The molecule has 126 valence electrons. The number of hydrogen-bond donors (Lipinski definition) is 1. The minimum atomic E-state index is -0.306. The quantitative estimate of drug-likeness (QED) is 0.869. The smallest absolute Gasteiger partial charge is 0.414 e. The molecule has 1 aliphatic heterocycles. The molecule has 1 heterocycles. The summed E-state index contributed by atoms with van der Waals surface area (Å²) in [6.45, 7) is 1.38. The van der Waals surface area contributed by atoms with Crippen LogP contribution in [0.3, 0.4) is 0 Å². The van der Waals surface area contributed by atoms with E-state index in [0.29, 0.717) is 19.7 Å². The molecule has 3 rings (SSSR count). The van der Waals surface area contributed by atoms with Crippen LogP contribution in [0.2, 0.25) is 0 Å². The second kappa shape index (κ2) is 7.87. The predicted octanol–water partition coefficient (Wildman–Crippen LogP) is 2.69. The van der Waals surface area contributed by atoms with Crippen LogP contribution in [0.25, 0.3) is 0 Å². The number of nitrogens with one attached hydrogen (secondary N) is 1. The van der Waals surface area contributed by atoms with Crippen LogP contribution in [0.1, 0.15) is 37.7 Å². The normalized spacial score (nSPS) is 17.8. The minimum Gasteiger partial charge on any atom is -0.447 e. The summed E-state index contributed by atoms with van der Waals surface area (Å²) in [5.74, 6) is 6.31. The Kier molecular flexibility index (Phi) is 5.37. The number of cyclic esters (lactones) is 1. The fourth-order valence-electron chi connectivity index (χ4n) is 3.14. The molecule has 24 heavy (non-hydrogen) atoms. The van der Waals surface area contributed by atoms with Gasteiger partial charge in [-0.05, 0) is 37.1 Å². The van der Waals surface area contributed by atoms with Crippen LogP contribution in [0.15, 0.2) is 24.3 Å². The van der Waals surface area contributed by atoms with E-state index in [1.807, 2.05) is 24.3 Å². The summed E-state index contributed by atoms with van der Waals surface area (Å²) in [7, 11) is 0. The number of ether oxygens (including phenoxy) is 1. The minimum absolute atomic E-state index is 0.131. The second-order valence-electron chi connectivity index (χ2n) is 6.17. The van der Waals surface area contributed by atoms with E-state index >= 15 is 0 Å². The number of carbonyl (C=O) groups is 2. The maximum absolute atomic E-state index is 12.0. The van der Waals surface area contributed by atoms with Crippen LogP contribution in [0.4, 0.5) is 10.5 Å². The van der Waals surface area contributed by atoms with E-state index in [1.54, 1.807) is 4.90 Å². The predicted molar refractivity (Wildman–Crippen MR) is 91.6 cm³/mol. The molecule has 0 aromatic heterocycles. The molecule has 0 bridgehead atoms. The highest BCUT2D eigenvalue weighted by Gasteiger charge is 2.23. The first-order chi connectivity index (χ1) is 11.7. The Balaban J connectivity index is 1.48. The fraction of sp³-hybridized carbons (Fsp3) is 0.474. The molecule has 0 spiro atoms. The summed E-state index contributed by atoms with van der Waals surface area (Å²) >= 11 is 0. The summed E-state index contributed by atoms with van der Waals surface area (Å²) in [6, 6.07) is 7.46. The fourth-order valence-corrected chi connectivity index (χ4v) is 3.14. The number of amides is 2. The Labute approximate surface area is 142 Å². The Morgan fingerprint density at radius 2 is 1.96 bits per heavy atom. The van der Waals surface area contributed by atoms with Gasteiger partial charge in [-0.2, -0.15) is 0 Å². The standard InChI is InChI=1S/C19H22N2O3/c22-18(16-6-2-1-3-7-16)20-12-4-5-15-8-10-17(11-9-15)21-13-14-24-19(21)23/h8-11,16H,1-3,6-7,12-14H2,(H,20,22). The molecule has 1 N–H and O–H groups in total. The Hall–Kier alpha value is -2.48. The van der Waals surface area contributed by atoms with Gasteiger partial charge in [0.25, 0.3) is 0 Å². The maximum Gasteiger partial charge on any atom is 0.414 e. The molecular weight excluding hydrogens is 304 g/mol. The van der Waals surface area contributed by atoms with Gasteiger partial charge in [-0.1, -0.05) is 31.1 Å². The van der Waals surface area contributed by atoms with Crippen molar-refractivity contribution in [2.75, 3.05) is 24.6 Å². The van der Waals surface area contributed by atoms with Crippen LogP contribution < -0.4 is 10.2 Å². The Morgan fingerprint density at radius 1 is 1.21 bits per heavy atom. The van der Waals surface area contributed by atoms with E-state index < -0.39 is 0 Å². The van der Waals surface area contributed by atoms with Crippen LogP contribution in [-0.4, -0.2) is 31.7 Å². The summed E-state index contributed by atoms with van der Waals surface area (Å²) in [5.41, 5.74) is 1.67. The molecular formula is C19H22N2O3. The van der Waals surface area contributed by atoms with Crippen molar-refractivity contribution in [3.05, 3.63) is 29.8 Å². The van der Waals surface area contributed by atoms with Gasteiger partial charge in [-0.15, -0.1) is 0 Å². The molecule has 1 aromatic rings. The third kappa shape index (κ3) is 4.08. The zero-order chi connectivity index (χ0) is 16.8. The van der Waals surface area contributed by atoms with Crippen molar-refractivity contribution >= 4 is 17.7 Å². The van der Waals surface area contributed by atoms with Crippen molar-refractivity contribution in [2.24, 2.45) is 5.92 Å². The molecule has 1 aromatic carbocycles. The van der Waals surface area contributed by atoms with Crippen molar-refractivity contribution in [1.29, 1.82) is 0 Å². The highest BCUT2D eigenvalue weighted by Crippen LogP contribution is 2.23. The van der Waals surface area contributed by atoms with Gasteiger partial charge in [0.05, 0.1) is 13.1 Å². The lowest BCUT2D eigenvalue weighted by atomic mass is 9.89. The lowest BCUT2D eigenvalue weighted by Gasteiger charge is -2.19. The van der Waals surface area contributed by atoms with E-state index in [9.17, 15) is 9.59 Å². The van der Waals surface area contributed by atoms with Crippen LogP contribution in [-0.2, 0) is 9.53 Å². The molecule has 5 heteroatoms. The number of benzene rings is 1. The average Bonchev–Trinajstić information content (AvgIpc) is 3.06. The van der Waals surface area contributed by atoms with Gasteiger partial charge in [0.2, 0.25) is 5.91 Å². The number of hydrogen-bond acceptors (Lipinski definition) is 3. The molecule has 2 amide bonds. The summed E-state index contributed by atoms with van der Waals surface area (Å²) < 4.78 is 4.92. The van der Waals surface area contributed by atoms with Crippen molar-refractivity contribution in [3.63, 3.8) is 0 Å². The van der Waals surface area contributed by atoms with Gasteiger partial charge in [0, 0.05) is 17.2 Å². The molecule has 0 atom stereocenters. The van der Waals surface area contributed by atoms with Gasteiger partial charge in [0.15, 0.2) is 0 Å². The molecule has 0 radical (unpaired) electrons. The second-order valence-corrected chi connectivity index (χ2v) is 6.17. The van der Waals surface area contributed by atoms with Gasteiger partial charge in [0.1, 0.15) is 6.61 Å². The molecule has 1 aliphatic carbocycles. The van der Waals surface area contributed by atoms with Crippen molar-refractivity contribution in [1.82, 2.24) is 5.32 Å². The van der Waals surface area contributed by atoms with E-state index in [0.717, 1.165) is 36.9 Å². The van der Waals surface area contributed by atoms with Crippen molar-refractivity contribution in [2.45, 2.75) is 32.1 Å². The third-order valence-electron chi connectivity index (χ3n) is 4.50. The number of nitrogens with zero attached hydrogens (tertiary/aromatic N) is 1. The number of anilines is 1. The van der Waals surface area contributed by atoms with E-state index in [-0.39, 0.29) is 17.9 Å². The molecule has 1 saturated heterocycles. The third-order valence-corrected chi connectivity index (χ3v) is 4.50. The van der Waals surface area contributed by atoms with Crippen molar-refractivity contribution in [3.8, 4) is 11.8 Å². The van der Waals surface area contributed by atoms with Gasteiger partial charge >= 0.3 is 6.09 Å². The number of carbonyl (C=O) groups excluding carboxylic acids is 2. The Bertz CT molecular complexity index is 651. The summed E-state index contributed by atoms with van der Waals surface area (Å²) in [6.07, 6.45) is 5.24. The zero-order valence-electron chi connectivity index (χ0n) is 13.7. The molecule has 2 fully saturated rings. The first kappa shape index (κ1) is 16.4. The van der Waals surface area contributed by atoms with E-state index in [4.69, 9.17) is 4.74 Å². The molecule has 0 unspecified atom stereocenters. The lowest BCUT2D eigenvalue weighted by molar-refractivity contribution is -0.125. The highest BCUT2D eigenvalue weighted by molar-refractivity contribution is 5.89. The van der Waals surface area contributed by atoms with Crippen LogP contribution in [0, 0.1) is 17.8 Å². The highest BCUT2D eigenvalue weighted by atomic mass is 16.6. The zero-order valence-corrected chi connectivity index (χ0v) is 13.7.